The lowest BCUT2D eigenvalue weighted by Gasteiger charge is -2.16. The van der Waals surface area contributed by atoms with Crippen molar-refractivity contribution in [2.45, 2.75) is 13.3 Å². The highest BCUT2D eigenvalue weighted by atomic mass is 16.5. The van der Waals surface area contributed by atoms with Crippen molar-refractivity contribution < 1.29 is 14.6 Å². The molecule has 122 valence electrons. The van der Waals surface area contributed by atoms with Gasteiger partial charge in [-0.15, -0.1) is 0 Å². The number of ether oxygens (including phenoxy) is 2. The summed E-state index contributed by atoms with van der Waals surface area (Å²) in [6.45, 7) is 5.81. The minimum Gasteiger partial charge on any atom is -0.496 e. The largest absolute Gasteiger partial charge is 0.496 e. The van der Waals surface area contributed by atoms with Gasteiger partial charge in [-0.05, 0) is 30.2 Å². The van der Waals surface area contributed by atoms with E-state index in [2.05, 4.69) is 16.5 Å². The molecule has 0 aliphatic heterocycles. The van der Waals surface area contributed by atoms with Crippen molar-refractivity contribution in [1.82, 2.24) is 9.97 Å². The molecular formula is C16H20N4O3. The van der Waals surface area contributed by atoms with Crippen molar-refractivity contribution in [2.75, 3.05) is 25.7 Å². The first kappa shape index (κ1) is 16.4. The number of aromatic hydroxyl groups is 1. The Morgan fingerprint density at radius 2 is 1.74 bits per heavy atom. The normalized spacial score (nSPS) is 10.4. The highest BCUT2D eigenvalue weighted by molar-refractivity contribution is 5.73. The van der Waals surface area contributed by atoms with Crippen LogP contribution in [-0.4, -0.2) is 29.3 Å². The van der Waals surface area contributed by atoms with Crippen LogP contribution in [0.3, 0.4) is 0 Å². The van der Waals surface area contributed by atoms with Crippen LogP contribution in [0.25, 0.3) is 5.57 Å². The summed E-state index contributed by atoms with van der Waals surface area (Å²) in [4.78, 5) is 7.60. The van der Waals surface area contributed by atoms with E-state index in [1.807, 2.05) is 19.1 Å². The third-order valence-corrected chi connectivity index (χ3v) is 3.41. The van der Waals surface area contributed by atoms with Crippen LogP contribution in [0.4, 0.5) is 11.8 Å². The number of hydrogen-bond acceptors (Lipinski definition) is 7. The van der Waals surface area contributed by atoms with E-state index in [4.69, 9.17) is 20.9 Å². The molecule has 0 aliphatic carbocycles. The Balaban J connectivity index is 2.51. The zero-order valence-electron chi connectivity index (χ0n) is 13.4. The second-order valence-corrected chi connectivity index (χ2v) is 5.10. The molecule has 7 nitrogen and oxygen atoms in total. The number of aromatic nitrogens is 2. The summed E-state index contributed by atoms with van der Waals surface area (Å²) in [6, 6.07) is 3.67. The molecule has 0 amide bonds. The Labute approximate surface area is 134 Å². The van der Waals surface area contributed by atoms with Gasteiger partial charge in [-0.25, -0.2) is 0 Å². The van der Waals surface area contributed by atoms with Crippen molar-refractivity contribution in [1.29, 1.82) is 0 Å². The first-order chi connectivity index (χ1) is 10.9. The van der Waals surface area contributed by atoms with Gasteiger partial charge in [-0.1, -0.05) is 6.58 Å². The Hall–Kier alpha value is -2.96. The van der Waals surface area contributed by atoms with Crippen molar-refractivity contribution >= 4 is 17.3 Å². The predicted octanol–water partition coefficient (Wildman–Crippen LogP) is 1.99. The lowest BCUT2D eigenvalue weighted by Crippen LogP contribution is -2.05. The number of nitrogen functional groups attached to an aromatic ring is 2. The first-order valence-electron chi connectivity index (χ1n) is 6.89. The van der Waals surface area contributed by atoms with Crippen LogP contribution in [0, 0.1) is 0 Å². The molecule has 1 aromatic carbocycles. The average Bonchev–Trinajstić information content (AvgIpc) is 2.49. The van der Waals surface area contributed by atoms with E-state index in [1.165, 1.54) is 0 Å². The van der Waals surface area contributed by atoms with Gasteiger partial charge in [0.05, 0.1) is 25.3 Å². The topological polar surface area (TPSA) is 117 Å². The average molecular weight is 316 g/mol. The van der Waals surface area contributed by atoms with Crippen LogP contribution < -0.4 is 20.9 Å². The van der Waals surface area contributed by atoms with Crippen molar-refractivity contribution in [3.63, 3.8) is 0 Å². The monoisotopic (exact) mass is 316 g/mol. The third-order valence-electron chi connectivity index (χ3n) is 3.41. The Bertz CT molecular complexity index is 711. The van der Waals surface area contributed by atoms with Gasteiger partial charge in [0.1, 0.15) is 17.3 Å². The number of benzene rings is 1. The van der Waals surface area contributed by atoms with Gasteiger partial charge in [0.2, 0.25) is 11.8 Å². The summed E-state index contributed by atoms with van der Waals surface area (Å²) in [7, 11) is 3.15. The Kier molecular flexibility index (Phi) is 4.59. The quantitative estimate of drug-likeness (QED) is 0.772. The maximum atomic E-state index is 9.94. The van der Waals surface area contributed by atoms with Gasteiger partial charge in [0.25, 0.3) is 0 Å². The molecule has 2 rings (SSSR count). The summed E-state index contributed by atoms with van der Waals surface area (Å²) in [6.07, 6.45) is 0.307. The first-order valence-corrected chi connectivity index (χ1v) is 6.89. The van der Waals surface area contributed by atoms with E-state index in [0.717, 1.165) is 16.7 Å². The van der Waals surface area contributed by atoms with E-state index >= 15 is 0 Å². The molecule has 1 aromatic heterocycles. The summed E-state index contributed by atoms with van der Waals surface area (Å²) in [5, 5.41) is 9.94. The number of hydrogen-bond donors (Lipinski definition) is 3. The Morgan fingerprint density at radius 3 is 2.17 bits per heavy atom. The van der Waals surface area contributed by atoms with Gasteiger partial charge < -0.3 is 26.0 Å². The van der Waals surface area contributed by atoms with Crippen LogP contribution in [0.2, 0.25) is 0 Å². The number of rotatable bonds is 5. The SMILES string of the molecule is C=C(C)c1c(OC)cc(Cc2c(N)nc(N)nc2O)cc1OC. The van der Waals surface area contributed by atoms with Crippen LogP contribution in [0.1, 0.15) is 23.6 Å². The van der Waals surface area contributed by atoms with E-state index < -0.39 is 0 Å². The number of methoxy groups -OCH3 is 2. The molecule has 0 radical (unpaired) electrons. The summed E-state index contributed by atoms with van der Waals surface area (Å²) in [5.41, 5.74) is 14.1. The van der Waals surface area contributed by atoms with Crippen LogP contribution >= 0.6 is 0 Å². The number of nitrogens with two attached hydrogens (primary N) is 2. The predicted molar refractivity (Wildman–Crippen MR) is 89.6 cm³/mol. The molecule has 0 saturated carbocycles. The van der Waals surface area contributed by atoms with Crippen molar-refractivity contribution in [2.24, 2.45) is 0 Å². The number of anilines is 2. The summed E-state index contributed by atoms with van der Waals surface area (Å²) < 4.78 is 10.8. The highest BCUT2D eigenvalue weighted by Gasteiger charge is 2.16. The fourth-order valence-corrected chi connectivity index (χ4v) is 2.37. The molecular weight excluding hydrogens is 296 g/mol. The van der Waals surface area contributed by atoms with E-state index in [-0.39, 0.29) is 17.6 Å². The second-order valence-electron chi connectivity index (χ2n) is 5.10. The fraction of sp³-hybridized carbons (Fsp3) is 0.250. The molecule has 5 N–H and O–H groups in total. The van der Waals surface area contributed by atoms with Gasteiger partial charge in [-0.3, -0.25) is 0 Å². The molecule has 0 unspecified atom stereocenters. The van der Waals surface area contributed by atoms with Crippen molar-refractivity contribution in [3.8, 4) is 17.4 Å². The fourth-order valence-electron chi connectivity index (χ4n) is 2.37. The molecule has 0 saturated heterocycles. The molecule has 1 heterocycles. The lowest BCUT2D eigenvalue weighted by molar-refractivity contribution is 0.391. The van der Waals surface area contributed by atoms with Crippen molar-refractivity contribution in [3.05, 3.63) is 35.4 Å². The zero-order chi connectivity index (χ0) is 17.1. The molecule has 0 bridgehead atoms. The molecule has 0 aliphatic rings. The van der Waals surface area contributed by atoms with Gasteiger partial charge in [-0.2, -0.15) is 9.97 Å². The third kappa shape index (κ3) is 3.28. The Morgan fingerprint density at radius 1 is 1.17 bits per heavy atom. The van der Waals surface area contributed by atoms with E-state index in [9.17, 15) is 5.11 Å². The zero-order valence-corrected chi connectivity index (χ0v) is 13.4. The molecule has 0 spiro atoms. The highest BCUT2D eigenvalue weighted by Crippen LogP contribution is 2.36. The smallest absolute Gasteiger partial charge is 0.225 e. The van der Waals surface area contributed by atoms with Gasteiger partial charge in [0, 0.05) is 6.42 Å². The van der Waals surface area contributed by atoms with Crippen LogP contribution in [0.15, 0.2) is 18.7 Å². The summed E-state index contributed by atoms with van der Waals surface area (Å²) >= 11 is 0. The molecule has 23 heavy (non-hydrogen) atoms. The number of allylic oxidation sites excluding steroid dienone is 1. The van der Waals surface area contributed by atoms with Crippen LogP contribution in [0.5, 0.6) is 17.4 Å². The summed E-state index contributed by atoms with van der Waals surface area (Å²) in [5.74, 6) is 1.08. The van der Waals surface area contributed by atoms with E-state index in [0.29, 0.717) is 23.5 Å². The molecule has 0 atom stereocenters. The minimum atomic E-state index is -0.239. The second kappa shape index (κ2) is 6.43. The van der Waals surface area contributed by atoms with E-state index in [1.54, 1.807) is 14.2 Å². The maximum Gasteiger partial charge on any atom is 0.225 e. The number of nitrogens with zero attached hydrogens (tertiary/aromatic N) is 2. The lowest BCUT2D eigenvalue weighted by atomic mass is 9.99. The standard InChI is InChI=1S/C16H20N4O3/c1-8(2)13-11(22-3)6-9(7-12(13)23-4)5-10-14(17)19-16(18)20-15(10)21/h6-7H,1,5H2,2-4H3,(H5,17,18,19,20,21). The molecule has 7 heteroatoms. The van der Waals surface area contributed by atoms with Gasteiger partial charge in [0.15, 0.2) is 0 Å². The minimum absolute atomic E-state index is 0.0726. The molecule has 0 fully saturated rings. The maximum absolute atomic E-state index is 9.94. The van der Waals surface area contributed by atoms with Crippen LogP contribution in [-0.2, 0) is 6.42 Å². The molecule has 2 aromatic rings. The van der Waals surface area contributed by atoms with Gasteiger partial charge >= 0.3 is 0 Å².